The molecule has 2 fully saturated rings. The van der Waals surface area contributed by atoms with E-state index in [0.717, 1.165) is 31.4 Å². The summed E-state index contributed by atoms with van der Waals surface area (Å²) in [5.41, 5.74) is 1.10. The molecule has 2 N–H and O–H groups in total. The zero-order valence-corrected chi connectivity index (χ0v) is 13.6. The van der Waals surface area contributed by atoms with Crippen LogP contribution in [0, 0.1) is 11.8 Å². The lowest BCUT2D eigenvalue weighted by atomic mass is 10.0. The quantitative estimate of drug-likeness (QED) is 0.894. The first-order valence-electron chi connectivity index (χ1n) is 8.03. The van der Waals surface area contributed by atoms with Gasteiger partial charge in [0.1, 0.15) is 0 Å². The van der Waals surface area contributed by atoms with Crippen molar-refractivity contribution < 1.29 is 9.90 Å². The molecule has 1 aromatic rings. The van der Waals surface area contributed by atoms with Gasteiger partial charge in [0.05, 0.1) is 18.7 Å². The van der Waals surface area contributed by atoms with Gasteiger partial charge in [-0.25, -0.2) is 4.79 Å². The molecule has 4 unspecified atom stereocenters. The standard InChI is InChI=1S/C17H23ClN2O2/c1-11-9-15(11)16(12-4-6-13(18)7-5-12)19-17(22)20-8-2-3-14(20)10-21/h4-7,11,14-16,21H,2-3,8-10H2,1H3,(H,19,22). The molecule has 4 nitrogen and oxygen atoms in total. The van der Waals surface area contributed by atoms with Crippen LogP contribution in [-0.4, -0.2) is 35.2 Å². The molecule has 0 aromatic heterocycles. The molecule has 0 radical (unpaired) electrons. The molecule has 3 rings (SSSR count). The van der Waals surface area contributed by atoms with E-state index >= 15 is 0 Å². The van der Waals surface area contributed by atoms with Crippen LogP contribution >= 0.6 is 11.6 Å². The predicted octanol–water partition coefficient (Wildman–Crippen LogP) is 3.20. The Labute approximate surface area is 136 Å². The molecule has 0 spiro atoms. The Morgan fingerprint density at radius 1 is 1.45 bits per heavy atom. The fourth-order valence-corrected chi connectivity index (χ4v) is 3.56. The van der Waals surface area contributed by atoms with Crippen molar-refractivity contribution in [3.05, 3.63) is 34.9 Å². The molecule has 22 heavy (non-hydrogen) atoms. The van der Waals surface area contributed by atoms with Crippen molar-refractivity contribution in [1.82, 2.24) is 10.2 Å². The first-order valence-corrected chi connectivity index (χ1v) is 8.41. The van der Waals surface area contributed by atoms with Gasteiger partial charge in [0.15, 0.2) is 0 Å². The van der Waals surface area contributed by atoms with Gasteiger partial charge in [-0.2, -0.15) is 0 Å². The Balaban J connectivity index is 1.73. The zero-order valence-electron chi connectivity index (χ0n) is 12.8. The van der Waals surface area contributed by atoms with Crippen molar-refractivity contribution in [3.63, 3.8) is 0 Å². The number of aliphatic hydroxyl groups excluding tert-OH is 1. The molecule has 1 aliphatic heterocycles. The Morgan fingerprint density at radius 2 is 2.14 bits per heavy atom. The number of rotatable bonds is 4. The summed E-state index contributed by atoms with van der Waals surface area (Å²) in [6.07, 6.45) is 2.98. The summed E-state index contributed by atoms with van der Waals surface area (Å²) in [5, 5.41) is 13.3. The van der Waals surface area contributed by atoms with Crippen LogP contribution in [0.5, 0.6) is 0 Å². The zero-order chi connectivity index (χ0) is 15.7. The highest BCUT2D eigenvalue weighted by Crippen LogP contribution is 2.47. The van der Waals surface area contributed by atoms with Crippen molar-refractivity contribution in [3.8, 4) is 0 Å². The summed E-state index contributed by atoms with van der Waals surface area (Å²) in [6, 6.07) is 7.65. The van der Waals surface area contributed by atoms with Gasteiger partial charge in [-0.05, 0) is 48.8 Å². The topological polar surface area (TPSA) is 52.6 Å². The number of halogens is 1. The number of hydrogen-bond acceptors (Lipinski definition) is 2. The van der Waals surface area contributed by atoms with E-state index in [1.807, 2.05) is 24.3 Å². The molecule has 1 aromatic carbocycles. The fraction of sp³-hybridized carbons (Fsp3) is 0.588. The second-order valence-corrected chi connectivity index (χ2v) is 6.96. The van der Waals surface area contributed by atoms with Crippen molar-refractivity contribution in [2.24, 2.45) is 11.8 Å². The summed E-state index contributed by atoms with van der Waals surface area (Å²) in [6.45, 7) is 2.98. The summed E-state index contributed by atoms with van der Waals surface area (Å²) in [4.78, 5) is 14.4. The van der Waals surface area contributed by atoms with Crippen molar-refractivity contribution in [2.45, 2.75) is 38.3 Å². The second-order valence-electron chi connectivity index (χ2n) is 6.53. The van der Waals surface area contributed by atoms with Gasteiger partial charge < -0.3 is 15.3 Å². The average Bonchev–Trinajstić information content (AvgIpc) is 3.04. The first-order chi connectivity index (χ1) is 10.6. The van der Waals surface area contributed by atoms with E-state index in [1.165, 1.54) is 0 Å². The van der Waals surface area contributed by atoms with Crippen LogP contribution in [0.15, 0.2) is 24.3 Å². The smallest absolute Gasteiger partial charge is 0.318 e. The number of likely N-dealkylation sites (tertiary alicyclic amines) is 1. The van der Waals surface area contributed by atoms with Gasteiger partial charge in [-0.3, -0.25) is 0 Å². The van der Waals surface area contributed by atoms with E-state index in [2.05, 4.69) is 12.2 Å². The van der Waals surface area contributed by atoms with Crippen LogP contribution in [0.1, 0.15) is 37.8 Å². The third-order valence-electron chi connectivity index (χ3n) is 4.96. The lowest BCUT2D eigenvalue weighted by Gasteiger charge is -2.27. The summed E-state index contributed by atoms with van der Waals surface area (Å²) >= 11 is 5.96. The highest BCUT2D eigenvalue weighted by atomic mass is 35.5. The lowest BCUT2D eigenvalue weighted by Crippen LogP contribution is -2.45. The highest BCUT2D eigenvalue weighted by Gasteiger charge is 2.42. The van der Waals surface area contributed by atoms with Gasteiger partial charge in [0.25, 0.3) is 0 Å². The molecular weight excluding hydrogens is 300 g/mol. The van der Waals surface area contributed by atoms with Crippen LogP contribution in [-0.2, 0) is 0 Å². The summed E-state index contributed by atoms with van der Waals surface area (Å²) < 4.78 is 0. The first kappa shape index (κ1) is 15.6. The maximum Gasteiger partial charge on any atom is 0.318 e. The van der Waals surface area contributed by atoms with Crippen LogP contribution < -0.4 is 5.32 Å². The molecule has 4 atom stereocenters. The van der Waals surface area contributed by atoms with Gasteiger partial charge in [0, 0.05) is 11.6 Å². The van der Waals surface area contributed by atoms with E-state index in [-0.39, 0.29) is 24.7 Å². The number of carbonyl (C=O) groups excluding carboxylic acids is 1. The van der Waals surface area contributed by atoms with Crippen molar-refractivity contribution in [1.29, 1.82) is 0 Å². The third kappa shape index (κ3) is 3.23. The van der Waals surface area contributed by atoms with Crippen LogP contribution in [0.3, 0.4) is 0 Å². The van der Waals surface area contributed by atoms with Crippen LogP contribution in [0.25, 0.3) is 0 Å². The molecule has 120 valence electrons. The average molecular weight is 323 g/mol. The van der Waals surface area contributed by atoms with E-state index < -0.39 is 0 Å². The van der Waals surface area contributed by atoms with E-state index in [1.54, 1.807) is 4.90 Å². The number of urea groups is 1. The number of hydrogen-bond donors (Lipinski definition) is 2. The molecule has 1 saturated heterocycles. The van der Waals surface area contributed by atoms with Gasteiger partial charge in [-0.1, -0.05) is 30.7 Å². The van der Waals surface area contributed by atoms with Gasteiger partial charge >= 0.3 is 6.03 Å². The molecule has 0 bridgehead atoms. The number of nitrogens with zero attached hydrogens (tertiary/aromatic N) is 1. The summed E-state index contributed by atoms with van der Waals surface area (Å²) in [5.74, 6) is 1.12. The van der Waals surface area contributed by atoms with Gasteiger partial charge in [0.2, 0.25) is 0 Å². The monoisotopic (exact) mass is 322 g/mol. The maximum atomic E-state index is 12.6. The van der Waals surface area contributed by atoms with E-state index in [9.17, 15) is 9.90 Å². The number of carbonyl (C=O) groups is 1. The normalized spacial score (nSPS) is 28.5. The minimum atomic E-state index is -0.0596. The second kappa shape index (κ2) is 6.47. The lowest BCUT2D eigenvalue weighted by molar-refractivity contribution is 0.153. The number of nitrogens with one attached hydrogen (secondary N) is 1. The molecule has 1 heterocycles. The van der Waals surface area contributed by atoms with E-state index in [4.69, 9.17) is 11.6 Å². The molecule has 2 aliphatic rings. The predicted molar refractivity (Wildman–Crippen MR) is 86.8 cm³/mol. The fourth-order valence-electron chi connectivity index (χ4n) is 3.43. The number of benzene rings is 1. The Kier molecular flexibility index (Phi) is 4.59. The minimum absolute atomic E-state index is 0.0275. The third-order valence-corrected chi connectivity index (χ3v) is 5.21. The van der Waals surface area contributed by atoms with Crippen LogP contribution in [0.2, 0.25) is 5.02 Å². The SMILES string of the molecule is CC1CC1C(NC(=O)N1CCCC1CO)c1ccc(Cl)cc1. The van der Waals surface area contributed by atoms with Crippen molar-refractivity contribution >= 4 is 17.6 Å². The number of amides is 2. The maximum absolute atomic E-state index is 12.6. The molecule has 5 heteroatoms. The van der Waals surface area contributed by atoms with E-state index in [0.29, 0.717) is 16.9 Å². The molecule has 2 amide bonds. The highest BCUT2D eigenvalue weighted by molar-refractivity contribution is 6.30. The van der Waals surface area contributed by atoms with Gasteiger partial charge in [-0.15, -0.1) is 0 Å². The largest absolute Gasteiger partial charge is 0.394 e. The van der Waals surface area contributed by atoms with Crippen LogP contribution in [0.4, 0.5) is 4.79 Å². The number of aliphatic hydroxyl groups is 1. The Morgan fingerprint density at radius 3 is 2.73 bits per heavy atom. The molecule has 1 saturated carbocycles. The molecular formula is C17H23ClN2O2. The summed E-state index contributed by atoms with van der Waals surface area (Å²) in [7, 11) is 0. The molecule has 1 aliphatic carbocycles. The minimum Gasteiger partial charge on any atom is -0.394 e. The van der Waals surface area contributed by atoms with Crippen molar-refractivity contribution in [2.75, 3.05) is 13.2 Å². The Bertz CT molecular complexity index is 534. The Hall–Kier alpha value is -1.26.